The van der Waals surface area contributed by atoms with E-state index in [1.54, 1.807) is 6.20 Å². The third-order valence-corrected chi connectivity index (χ3v) is 5.25. The van der Waals surface area contributed by atoms with Gasteiger partial charge in [-0.25, -0.2) is 9.78 Å². The van der Waals surface area contributed by atoms with Gasteiger partial charge in [0, 0.05) is 37.4 Å². The van der Waals surface area contributed by atoms with Crippen molar-refractivity contribution in [2.24, 2.45) is 5.92 Å². The molecule has 6 nitrogen and oxygen atoms in total. The normalized spacial score (nSPS) is 14.8. The first-order chi connectivity index (χ1) is 13.7. The van der Waals surface area contributed by atoms with Crippen LogP contribution in [0.5, 0.6) is 0 Å². The summed E-state index contributed by atoms with van der Waals surface area (Å²) in [5.41, 5.74) is 2.45. The third-order valence-electron chi connectivity index (χ3n) is 5.25. The number of pyridine rings is 2. The Hall–Kier alpha value is -3.15. The molecule has 4 rings (SSSR count). The van der Waals surface area contributed by atoms with Gasteiger partial charge < -0.3 is 15.5 Å². The second-order valence-corrected chi connectivity index (χ2v) is 7.38. The molecule has 3 heterocycles. The minimum atomic E-state index is -0.257. The van der Waals surface area contributed by atoms with Gasteiger partial charge in [-0.3, -0.25) is 4.98 Å². The highest BCUT2D eigenvalue weighted by atomic mass is 16.2. The second kappa shape index (κ2) is 8.25. The minimum absolute atomic E-state index is 0.257. The summed E-state index contributed by atoms with van der Waals surface area (Å²) in [6, 6.07) is 13.4. The van der Waals surface area contributed by atoms with E-state index < -0.39 is 0 Å². The number of aromatic nitrogens is 2. The van der Waals surface area contributed by atoms with Crippen LogP contribution in [0.15, 0.2) is 54.9 Å². The van der Waals surface area contributed by atoms with E-state index in [1.807, 2.05) is 48.7 Å². The number of benzene rings is 1. The van der Waals surface area contributed by atoms with Crippen molar-refractivity contribution < 1.29 is 4.79 Å². The zero-order chi connectivity index (χ0) is 19.3. The molecule has 1 saturated heterocycles. The summed E-state index contributed by atoms with van der Waals surface area (Å²) in [7, 11) is 0. The number of piperidine rings is 1. The van der Waals surface area contributed by atoms with Crippen LogP contribution in [0, 0.1) is 5.92 Å². The van der Waals surface area contributed by atoms with E-state index in [0.717, 1.165) is 41.3 Å². The van der Waals surface area contributed by atoms with E-state index in [1.165, 1.54) is 12.8 Å². The van der Waals surface area contributed by atoms with Crippen LogP contribution in [0.2, 0.25) is 0 Å². The zero-order valence-corrected chi connectivity index (χ0v) is 16.1. The van der Waals surface area contributed by atoms with Crippen molar-refractivity contribution in [1.82, 2.24) is 15.3 Å². The molecule has 3 aromatic rings. The fourth-order valence-corrected chi connectivity index (χ4v) is 3.50. The molecule has 0 saturated carbocycles. The number of hydrogen-bond acceptors (Lipinski definition) is 4. The number of para-hydroxylation sites is 1. The highest BCUT2D eigenvalue weighted by Gasteiger charge is 2.16. The lowest BCUT2D eigenvalue weighted by atomic mass is 9.99. The Morgan fingerprint density at radius 1 is 1.11 bits per heavy atom. The van der Waals surface area contributed by atoms with Crippen molar-refractivity contribution in [1.29, 1.82) is 0 Å². The van der Waals surface area contributed by atoms with Crippen LogP contribution in [0.25, 0.3) is 10.9 Å². The van der Waals surface area contributed by atoms with Crippen LogP contribution >= 0.6 is 0 Å². The Kier molecular flexibility index (Phi) is 5.37. The fourth-order valence-electron chi connectivity index (χ4n) is 3.50. The number of rotatable bonds is 4. The molecular weight excluding hydrogens is 350 g/mol. The molecule has 2 aromatic heterocycles. The summed E-state index contributed by atoms with van der Waals surface area (Å²) in [4.78, 5) is 23.6. The van der Waals surface area contributed by atoms with Crippen molar-refractivity contribution in [2.75, 3.05) is 23.3 Å². The minimum Gasteiger partial charge on any atom is -0.357 e. The molecule has 28 heavy (non-hydrogen) atoms. The molecule has 6 heteroatoms. The number of urea groups is 1. The number of carbonyl (C=O) groups is 1. The number of nitrogens with one attached hydrogen (secondary N) is 2. The first kappa shape index (κ1) is 18.2. The van der Waals surface area contributed by atoms with Crippen molar-refractivity contribution in [2.45, 2.75) is 26.3 Å². The van der Waals surface area contributed by atoms with Crippen LogP contribution in [0.3, 0.4) is 0 Å². The molecule has 0 atom stereocenters. The maximum atomic E-state index is 12.3. The van der Waals surface area contributed by atoms with E-state index in [-0.39, 0.29) is 6.03 Å². The Bertz CT molecular complexity index is 943. The van der Waals surface area contributed by atoms with Crippen LogP contribution in [0.1, 0.15) is 25.3 Å². The lowest BCUT2D eigenvalue weighted by Crippen LogP contribution is -2.33. The first-order valence-corrected chi connectivity index (χ1v) is 9.77. The number of fused-ring (bicyclic) bond motifs is 1. The quantitative estimate of drug-likeness (QED) is 0.717. The molecule has 2 N–H and O–H groups in total. The second-order valence-electron chi connectivity index (χ2n) is 7.38. The van der Waals surface area contributed by atoms with E-state index in [0.29, 0.717) is 12.2 Å². The molecular formula is C22H25N5O. The highest BCUT2D eigenvalue weighted by molar-refractivity contribution is 5.99. The lowest BCUT2D eigenvalue weighted by Gasteiger charge is -2.31. The first-order valence-electron chi connectivity index (χ1n) is 9.77. The monoisotopic (exact) mass is 375 g/mol. The molecule has 1 aliphatic rings. The average molecular weight is 375 g/mol. The molecule has 0 bridgehead atoms. The van der Waals surface area contributed by atoms with Crippen molar-refractivity contribution in [3.8, 4) is 0 Å². The molecule has 0 radical (unpaired) electrons. The Balaban J connectivity index is 1.33. The average Bonchev–Trinajstić information content (AvgIpc) is 2.74. The largest absolute Gasteiger partial charge is 0.357 e. The Morgan fingerprint density at radius 3 is 2.71 bits per heavy atom. The maximum absolute atomic E-state index is 12.3. The van der Waals surface area contributed by atoms with E-state index in [9.17, 15) is 4.79 Å². The summed E-state index contributed by atoms with van der Waals surface area (Å²) in [6.45, 7) is 4.85. The molecule has 0 spiro atoms. The summed E-state index contributed by atoms with van der Waals surface area (Å²) in [6.07, 6.45) is 6.00. The van der Waals surface area contributed by atoms with E-state index in [2.05, 4.69) is 32.4 Å². The van der Waals surface area contributed by atoms with Gasteiger partial charge in [-0.05, 0) is 42.5 Å². The molecule has 2 amide bonds. The predicted molar refractivity (Wildman–Crippen MR) is 112 cm³/mol. The van der Waals surface area contributed by atoms with Crippen LogP contribution in [-0.2, 0) is 6.54 Å². The fraction of sp³-hybridized carbons (Fsp3) is 0.318. The zero-order valence-electron chi connectivity index (χ0n) is 16.1. The van der Waals surface area contributed by atoms with Crippen LogP contribution < -0.4 is 15.5 Å². The van der Waals surface area contributed by atoms with Crippen molar-refractivity contribution >= 4 is 28.4 Å². The summed E-state index contributed by atoms with van der Waals surface area (Å²) in [5, 5.41) is 6.76. The number of amides is 2. The van der Waals surface area contributed by atoms with Crippen molar-refractivity contribution in [3.63, 3.8) is 0 Å². The van der Waals surface area contributed by atoms with Crippen molar-refractivity contribution in [3.05, 3.63) is 60.4 Å². The summed E-state index contributed by atoms with van der Waals surface area (Å²) < 4.78 is 0. The van der Waals surface area contributed by atoms with Gasteiger partial charge >= 0.3 is 6.03 Å². The van der Waals surface area contributed by atoms with Gasteiger partial charge in [-0.1, -0.05) is 31.2 Å². The maximum Gasteiger partial charge on any atom is 0.319 e. The number of hydrogen-bond donors (Lipinski definition) is 2. The molecule has 1 aliphatic heterocycles. The Morgan fingerprint density at radius 2 is 1.93 bits per heavy atom. The summed E-state index contributed by atoms with van der Waals surface area (Å²) in [5.74, 6) is 1.82. The van der Waals surface area contributed by atoms with Crippen LogP contribution in [-0.4, -0.2) is 29.1 Å². The number of anilines is 2. The van der Waals surface area contributed by atoms with Gasteiger partial charge in [0.25, 0.3) is 0 Å². The van der Waals surface area contributed by atoms with Gasteiger partial charge in [0.15, 0.2) is 0 Å². The molecule has 144 valence electrons. The van der Waals surface area contributed by atoms with Gasteiger partial charge in [-0.15, -0.1) is 0 Å². The van der Waals surface area contributed by atoms with E-state index >= 15 is 0 Å². The molecule has 1 aromatic carbocycles. The van der Waals surface area contributed by atoms with Gasteiger partial charge in [0.1, 0.15) is 5.82 Å². The Labute approximate surface area is 165 Å². The lowest BCUT2D eigenvalue weighted by molar-refractivity contribution is 0.252. The highest BCUT2D eigenvalue weighted by Crippen LogP contribution is 2.22. The van der Waals surface area contributed by atoms with E-state index in [4.69, 9.17) is 0 Å². The molecule has 0 unspecified atom stereocenters. The molecule has 1 fully saturated rings. The van der Waals surface area contributed by atoms with Gasteiger partial charge in [0.05, 0.1) is 11.2 Å². The number of carbonyl (C=O) groups excluding carboxylic acids is 1. The standard InChI is InChI=1S/C22H25N5O/c1-16-9-12-27(13-10-16)20-8-7-17(14-24-20)15-25-22(28)26-19-6-2-4-18-5-3-11-23-21(18)19/h2-8,11,14,16H,9-10,12-13,15H2,1H3,(H2,25,26,28). The number of nitrogens with zero attached hydrogens (tertiary/aromatic N) is 3. The van der Waals surface area contributed by atoms with Crippen LogP contribution in [0.4, 0.5) is 16.3 Å². The smallest absolute Gasteiger partial charge is 0.319 e. The topological polar surface area (TPSA) is 70.2 Å². The van der Waals surface area contributed by atoms with Gasteiger partial charge in [-0.2, -0.15) is 0 Å². The third kappa shape index (κ3) is 4.22. The summed E-state index contributed by atoms with van der Waals surface area (Å²) >= 11 is 0. The molecule has 0 aliphatic carbocycles. The SMILES string of the molecule is CC1CCN(c2ccc(CNC(=O)Nc3cccc4cccnc34)cn2)CC1. The van der Waals surface area contributed by atoms with Gasteiger partial charge in [0.2, 0.25) is 0 Å². The predicted octanol–water partition coefficient (Wildman–Crippen LogP) is 4.19.